The van der Waals surface area contributed by atoms with Gasteiger partial charge in [0.1, 0.15) is 0 Å². The lowest BCUT2D eigenvalue weighted by Gasteiger charge is -1.99. The molecule has 0 aliphatic carbocycles. The third-order valence-electron chi connectivity index (χ3n) is 1.61. The first-order valence-corrected chi connectivity index (χ1v) is 4.07. The van der Waals surface area contributed by atoms with Crippen LogP contribution in [0.4, 0.5) is 0 Å². The average Bonchev–Trinajstić information content (AvgIpc) is 2.19. The van der Waals surface area contributed by atoms with Gasteiger partial charge in [0.25, 0.3) is 0 Å². The summed E-state index contributed by atoms with van der Waals surface area (Å²) in [6, 6.07) is 9.15. The molecule has 2 heteroatoms. The predicted molar refractivity (Wildman–Crippen MR) is 52.5 cm³/mol. The van der Waals surface area contributed by atoms with E-state index in [0.717, 1.165) is 0 Å². The molecule has 1 N–H and O–H groups in total. The fourth-order valence-electron chi connectivity index (χ4n) is 0.974. The quantitative estimate of drug-likeness (QED) is 0.419. The van der Waals surface area contributed by atoms with Crippen molar-refractivity contribution in [1.29, 1.82) is 0 Å². The van der Waals surface area contributed by atoms with Crippen molar-refractivity contribution >= 4 is 5.78 Å². The molecule has 0 atom stereocenters. The molecule has 0 saturated carbocycles. The van der Waals surface area contributed by atoms with Crippen molar-refractivity contribution in [1.82, 2.24) is 5.32 Å². The van der Waals surface area contributed by atoms with Crippen LogP contribution in [0.1, 0.15) is 10.4 Å². The second-order valence-corrected chi connectivity index (χ2v) is 2.60. The molecule has 1 aromatic rings. The third kappa shape index (κ3) is 3.10. The fourth-order valence-corrected chi connectivity index (χ4v) is 0.974. The van der Waals surface area contributed by atoms with Crippen molar-refractivity contribution in [2.45, 2.75) is 0 Å². The first kappa shape index (κ1) is 9.50. The zero-order valence-electron chi connectivity index (χ0n) is 7.29. The van der Waals surface area contributed by atoms with Gasteiger partial charge in [0.15, 0.2) is 5.78 Å². The maximum absolute atomic E-state index is 11.4. The van der Waals surface area contributed by atoms with Gasteiger partial charge in [0.05, 0.1) is 13.1 Å². The number of nitrogens with one attached hydrogen (secondary N) is 1. The van der Waals surface area contributed by atoms with Crippen molar-refractivity contribution < 1.29 is 4.79 Å². The lowest BCUT2D eigenvalue weighted by Crippen LogP contribution is -2.23. The maximum Gasteiger partial charge on any atom is 0.176 e. The van der Waals surface area contributed by atoms with Gasteiger partial charge in [-0.3, -0.25) is 10.1 Å². The molecule has 0 aromatic heterocycles. The Labute approximate surface area is 78.0 Å². The number of carbonyl (C=O) groups is 1. The van der Waals surface area contributed by atoms with E-state index >= 15 is 0 Å². The molecule has 0 aliphatic heterocycles. The van der Waals surface area contributed by atoms with Crippen LogP contribution in [0.5, 0.6) is 0 Å². The van der Waals surface area contributed by atoms with Crippen molar-refractivity contribution in [3.8, 4) is 12.3 Å². The third-order valence-corrected chi connectivity index (χ3v) is 1.61. The van der Waals surface area contributed by atoms with E-state index in [1.807, 2.05) is 18.2 Å². The van der Waals surface area contributed by atoms with Crippen LogP contribution in [0.15, 0.2) is 30.3 Å². The molecule has 13 heavy (non-hydrogen) atoms. The highest BCUT2D eigenvalue weighted by Crippen LogP contribution is 1.98. The normalized spacial score (nSPS) is 9.15. The zero-order chi connectivity index (χ0) is 9.52. The topological polar surface area (TPSA) is 29.1 Å². The van der Waals surface area contributed by atoms with Crippen LogP contribution < -0.4 is 5.32 Å². The molecule has 66 valence electrons. The summed E-state index contributed by atoms with van der Waals surface area (Å²) in [4.78, 5) is 11.4. The Hall–Kier alpha value is -1.59. The highest BCUT2D eigenvalue weighted by molar-refractivity contribution is 5.97. The predicted octanol–water partition coefficient (Wildman–Crippen LogP) is 1.09. The molecule has 0 saturated heterocycles. The fraction of sp³-hybridized carbons (Fsp3) is 0.182. The van der Waals surface area contributed by atoms with Gasteiger partial charge in [-0.15, -0.1) is 6.42 Å². The van der Waals surface area contributed by atoms with E-state index < -0.39 is 0 Å². The Bertz CT molecular complexity index is 311. The Balaban J connectivity index is 2.46. The number of hydrogen-bond donors (Lipinski definition) is 1. The van der Waals surface area contributed by atoms with Crippen molar-refractivity contribution in [3.05, 3.63) is 35.9 Å². The minimum Gasteiger partial charge on any atom is -0.299 e. The van der Waals surface area contributed by atoms with Gasteiger partial charge in [-0.2, -0.15) is 0 Å². The highest BCUT2D eigenvalue weighted by Gasteiger charge is 2.02. The molecule has 0 spiro atoms. The van der Waals surface area contributed by atoms with E-state index in [0.29, 0.717) is 18.7 Å². The number of hydrogen-bond acceptors (Lipinski definition) is 2. The summed E-state index contributed by atoms with van der Waals surface area (Å²) in [6.07, 6.45) is 5.03. The molecule has 0 fully saturated rings. The van der Waals surface area contributed by atoms with Crippen LogP contribution >= 0.6 is 0 Å². The summed E-state index contributed by atoms with van der Waals surface area (Å²) < 4.78 is 0. The average molecular weight is 173 g/mol. The van der Waals surface area contributed by atoms with Crippen molar-refractivity contribution in [3.63, 3.8) is 0 Å². The number of Topliss-reactive ketones (excluding diaryl/α,β-unsaturated/α-hetero) is 1. The number of benzene rings is 1. The first-order valence-electron chi connectivity index (χ1n) is 4.07. The molecule has 0 aliphatic rings. The Morgan fingerprint density at radius 1 is 1.38 bits per heavy atom. The van der Waals surface area contributed by atoms with Gasteiger partial charge in [-0.25, -0.2) is 0 Å². The van der Waals surface area contributed by atoms with Crippen LogP contribution in [-0.4, -0.2) is 18.9 Å². The molecule has 0 radical (unpaired) electrons. The van der Waals surface area contributed by atoms with Crippen LogP contribution in [0, 0.1) is 12.3 Å². The van der Waals surface area contributed by atoms with Gasteiger partial charge in [0.2, 0.25) is 0 Å². The number of carbonyl (C=O) groups excluding carboxylic acids is 1. The Morgan fingerprint density at radius 2 is 2.08 bits per heavy atom. The minimum absolute atomic E-state index is 0.0656. The van der Waals surface area contributed by atoms with Crippen LogP contribution in [0.3, 0.4) is 0 Å². The SMILES string of the molecule is C#CCNCC(=O)c1ccccc1. The molecule has 0 heterocycles. The standard InChI is InChI=1S/C11H11NO/c1-2-8-12-9-11(13)10-6-4-3-5-7-10/h1,3-7,12H,8-9H2. The highest BCUT2D eigenvalue weighted by atomic mass is 16.1. The van der Waals surface area contributed by atoms with E-state index in [9.17, 15) is 4.79 Å². The van der Waals surface area contributed by atoms with E-state index in [1.54, 1.807) is 12.1 Å². The van der Waals surface area contributed by atoms with Crippen LogP contribution in [-0.2, 0) is 0 Å². The molecule has 1 aromatic carbocycles. The lowest BCUT2D eigenvalue weighted by atomic mass is 10.1. The number of terminal acetylenes is 1. The van der Waals surface area contributed by atoms with Crippen molar-refractivity contribution in [2.75, 3.05) is 13.1 Å². The summed E-state index contributed by atoms with van der Waals surface area (Å²) in [5, 5.41) is 2.85. The molecular weight excluding hydrogens is 162 g/mol. The molecule has 0 unspecified atom stereocenters. The van der Waals surface area contributed by atoms with Gasteiger partial charge < -0.3 is 0 Å². The van der Waals surface area contributed by atoms with Crippen molar-refractivity contribution in [2.24, 2.45) is 0 Å². The van der Waals surface area contributed by atoms with E-state index in [1.165, 1.54) is 0 Å². The van der Waals surface area contributed by atoms with Gasteiger partial charge in [-0.05, 0) is 0 Å². The van der Waals surface area contributed by atoms with Crippen LogP contribution in [0.25, 0.3) is 0 Å². The zero-order valence-corrected chi connectivity index (χ0v) is 7.29. The minimum atomic E-state index is 0.0656. The monoisotopic (exact) mass is 173 g/mol. The summed E-state index contributed by atoms with van der Waals surface area (Å²) >= 11 is 0. The van der Waals surface area contributed by atoms with E-state index in [-0.39, 0.29) is 5.78 Å². The van der Waals surface area contributed by atoms with E-state index in [4.69, 9.17) is 6.42 Å². The molecule has 1 rings (SSSR count). The van der Waals surface area contributed by atoms with Gasteiger partial charge >= 0.3 is 0 Å². The van der Waals surface area contributed by atoms with Crippen LogP contribution in [0.2, 0.25) is 0 Å². The summed E-state index contributed by atoms with van der Waals surface area (Å²) in [6.45, 7) is 0.729. The number of rotatable bonds is 4. The smallest absolute Gasteiger partial charge is 0.176 e. The second kappa shape index (κ2) is 5.13. The van der Waals surface area contributed by atoms with E-state index in [2.05, 4.69) is 11.2 Å². The lowest BCUT2D eigenvalue weighted by molar-refractivity contribution is 0.0992. The molecule has 2 nitrogen and oxygen atoms in total. The summed E-state index contributed by atoms with van der Waals surface area (Å²) in [5.41, 5.74) is 0.715. The molecule has 0 amide bonds. The summed E-state index contributed by atoms with van der Waals surface area (Å²) in [7, 11) is 0. The Morgan fingerprint density at radius 3 is 2.69 bits per heavy atom. The molecular formula is C11H11NO. The first-order chi connectivity index (χ1) is 6.34. The second-order valence-electron chi connectivity index (χ2n) is 2.60. The maximum atomic E-state index is 11.4. The van der Waals surface area contributed by atoms with Gasteiger partial charge in [0, 0.05) is 5.56 Å². The molecule has 0 bridgehead atoms. The Kier molecular flexibility index (Phi) is 3.74. The summed E-state index contributed by atoms with van der Waals surface area (Å²) in [5.74, 6) is 2.48. The largest absolute Gasteiger partial charge is 0.299 e. The van der Waals surface area contributed by atoms with Gasteiger partial charge in [-0.1, -0.05) is 36.3 Å². The number of ketones is 1.